The van der Waals surface area contributed by atoms with Crippen LogP contribution in [0.5, 0.6) is 0 Å². The standard InChI is InChI=1S/C18H17Cl2N5/c1-11(2)22-18-24-16(15-5-3-4-8-21-15)10-17(25-18)23-12-6-7-13(19)14(20)9-12/h3-11H,1-2H3,(H2,22,23,24,25). The summed E-state index contributed by atoms with van der Waals surface area (Å²) >= 11 is 12.0. The van der Waals surface area contributed by atoms with E-state index in [9.17, 15) is 0 Å². The second-order valence-corrected chi connectivity index (χ2v) is 6.54. The first-order valence-electron chi connectivity index (χ1n) is 7.80. The van der Waals surface area contributed by atoms with Gasteiger partial charge in [-0.05, 0) is 44.2 Å². The summed E-state index contributed by atoms with van der Waals surface area (Å²) in [7, 11) is 0. The third kappa shape index (κ3) is 4.59. The fourth-order valence-electron chi connectivity index (χ4n) is 2.20. The maximum absolute atomic E-state index is 6.08. The maximum Gasteiger partial charge on any atom is 0.225 e. The quantitative estimate of drug-likeness (QED) is 0.625. The van der Waals surface area contributed by atoms with Gasteiger partial charge in [-0.3, -0.25) is 4.98 Å². The number of aromatic nitrogens is 3. The lowest BCUT2D eigenvalue weighted by molar-refractivity contribution is 0.875. The van der Waals surface area contributed by atoms with Crippen LogP contribution in [-0.4, -0.2) is 21.0 Å². The summed E-state index contributed by atoms with van der Waals surface area (Å²) in [6.45, 7) is 4.06. The zero-order chi connectivity index (χ0) is 17.8. The summed E-state index contributed by atoms with van der Waals surface area (Å²) in [6, 6.07) is 13.1. The van der Waals surface area contributed by atoms with Crippen molar-refractivity contribution in [2.45, 2.75) is 19.9 Å². The Morgan fingerprint density at radius 2 is 1.76 bits per heavy atom. The third-order valence-corrected chi connectivity index (χ3v) is 4.00. The number of halogens is 2. The molecule has 0 aliphatic rings. The first-order chi connectivity index (χ1) is 12.0. The number of hydrogen-bond acceptors (Lipinski definition) is 5. The van der Waals surface area contributed by atoms with Crippen molar-refractivity contribution in [1.29, 1.82) is 0 Å². The molecule has 0 unspecified atom stereocenters. The Kier molecular flexibility index (Phi) is 5.36. The van der Waals surface area contributed by atoms with Crippen LogP contribution < -0.4 is 10.6 Å². The summed E-state index contributed by atoms with van der Waals surface area (Å²) in [5.41, 5.74) is 2.28. The summed E-state index contributed by atoms with van der Waals surface area (Å²) in [5, 5.41) is 7.44. The highest BCUT2D eigenvalue weighted by Gasteiger charge is 2.09. The van der Waals surface area contributed by atoms with Crippen molar-refractivity contribution in [3.63, 3.8) is 0 Å². The van der Waals surface area contributed by atoms with Gasteiger partial charge in [-0.2, -0.15) is 4.98 Å². The van der Waals surface area contributed by atoms with Crippen molar-refractivity contribution in [3.05, 3.63) is 58.7 Å². The predicted molar refractivity (Wildman–Crippen MR) is 104 cm³/mol. The van der Waals surface area contributed by atoms with Gasteiger partial charge in [0.25, 0.3) is 0 Å². The van der Waals surface area contributed by atoms with Crippen LogP contribution in [0.1, 0.15) is 13.8 Å². The van der Waals surface area contributed by atoms with Gasteiger partial charge >= 0.3 is 0 Å². The van der Waals surface area contributed by atoms with Gasteiger partial charge in [0, 0.05) is 24.0 Å². The monoisotopic (exact) mass is 373 g/mol. The number of nitrogens with zero attached hydrogens (tertiary/aromatic N) is 3. The molecule has 0 fully saturated rings. The highest BCUT2D eigenvalue weighted by atomic mass is 35.5. The number of nitrogens with one attached hydrogen (secondary N) is 2. The fourth-order valence-corrected chi connectivity index (χ4v) is 2.50. The van der Waals surface area contributed by atoms with Crippen molar-refractivity contribution in [2.24, 2.45) is 0 Å². The molecule has 0 aliphatic carbocycles. The van der Waals surface area contributed by atoms with E-state index in [-0.39, 0.29) is 6.04 Å². The highest BCUT2D eigenvalue weighted by Crippen LogP contribution is 2.28. The normalized spacial score (nSPS) is 10.8. The van der Waals surface area contributed by atoms with E-state index in [1.165, 1.54) is 0 Å². The lowest BCUT2D eigenvalue weighted by Crippen LogP contribution is -2.13. The van der Waals surface area contributed by atoms with Crippen LogP contribution >= 0.6 is 23.2 Å². The first kappa shape index (κ1) is 17.5. The molecule has 1 aromatic carbocycles. The van der Waals surface area contributed by atoms with E-state index in [4.69, 9.17) is 23.2 Å². The molecule has 3 rings (SSSR count). The smallest absolute Gasteiger partial charge is 0.225 e. The van der Waals surface area contributed by atoms with Crippen LogP contribution in [0.4, 0.5) is 17.5 Å². The van der Waals surface area contributed by atoms with Gasteiger partial charge in [0.15, 0.2) is 0 Å². The van der Waals surface area contributed by atoms with Crippen molar-refractivity contribution in [1.82, 2.24) is 15.0 Å². The number of benzene rings is 1. The van der Waals surface area contributed by atoms with E-state index in [0.717, 1.165) is 17.1 Å². The molecule has 0 saturated heterocycles. The third-order valence-electron chi connectivity index (χ3n) is 3.26. The van der Waals surface area contributed by atoms with Gasteiger partial charge in [-0.25, -0.2) is 4.98 Å². The first-order valence-corrected chi connectivity index (χ1v) is 8.56. The van der Waals surface area contributed by atoms with Crippen LogP contribution in [0, 0.1) is 0 Å². The molecule has 0 saturated carbocycles. The Hall–Kier alpha value is -2.37. The molecule has 2 heterocycles. The summed E-state index contributed by atoms with van der Waals surface area (Å²) in [6.07, 6.45) is 1.74. The fraction of sp³-hybridized carbons (Fsp3) is 0.167. The molecule has 0 radical (unpaired) electrons. The largest absolute Gasteiger partial charge is 0.352 e. The van der Waals surface area contributed by atoms with Gasteiger partial charge in [0.1, 0.15) is 5.82 Å². The van der Waals surface area contributed by atoms with Gasteiger partial charge in [-0.15, -0.1) is 0 Å². The molecule has 2 aromatic heterocycles. The summed E-state index contributed by atoms with van der Waals surface area (Å²) < 4.78 is 0. The van der Waals surface area contributed by atoms with Crippen molar-refractivity contribution >= 4 is 40.7 Å². The minimum absolute atomic E-state index is 0.205. The van der Waals surface area contributed by atoms with Gasteiger partial charge in [0.2, 0.25) is 5.95 Å². The van der Waals surface area contributed by atoms with E-state index in [0.29, 0.717) is 21.8 Å². The molecule has 5 nitrogen and oxygen atoms in total. The van der Waals surface area contributed by atoms with Gasteiger partial charge in [0.05, 0.1) is 21.4 Å². The van der Waals surface area contributed by atoms with E-state index in [1.54, 1.807) is 18.3 Å². The Morgan fingerprint density at radius 1 is 0.920 bits per heavy atom. The Balaban J connectivity index is 1.98. The molecule has 7 heteroatoms. The molecule has 0 bridgehead atoms. The van der Waals surface area contributed by atoms with Crippen LogP contribution in [0.3, 0.4) is 0 Å². The molecule has 128 valence electrons. The molecule has 2 N–H and O–H groups in total. The summed E-state index contributed by atoms with van der Waals surface area (Å²) in [4.78, 5) is 13.4. The van der Waals surface area contributed by atoms with Crippen LogP contribution in [0.15, 0.2) is 48.7 Å². The predicted octanol–water partition coefficient (Wildman–Crippen LogP) is 5.41. The highest BCUT2D eigenvalue weighted by molar-refractivity contribution is 6.42. The molecule has 0 aliphatic heterocycles. The molecular formula is C18H17Cl2N5. The maximum atomic E-state index is 6.08. The Bertz CT molecular complexity index is 869. The molecule has 3 aromatic rings. The van der Waals surface area contributed by atoms with Crippen molar-refractivity contribution in [2.75, 3.05) is 10.6 Å². The topological polar surface area (TPSA) is 62.7 Å². The number of pyridine rings is 1. The minimum Gasteiger partial charge on any atom is -0.352 e. The van der Waals surface area contributed by atoms with E-state index in [1.807, 2.05) is 44.2 Å². The second kappa shape index (κ2) is 7.68. The van der Waals surface area contributed by atoms with Gasteiger partial charge < -0.3 is 10.6 Å². The van der Waals surface area contributed by atoms with Crippen LogP contribution in [-0.2, 0) is 0 Å². The second-order valence-electron chi connectivity index (χ2n) is 5.73. The molecule has 0 spiro atoms. The van der Waals surface area contributed by atoms with E-state index < -0.39 is 0 Å². The van der Waals surface area contributed by atoms with E-state index in [2.05, 4.69) is 25.6 Å². The van der Waals surface area contributed by atoms with Crippen molar-refractivity contribution < 1.29 is 0 Å². The van der Waals surface area contributed by atoms with Crippen LogP contribution in [0.2, 0.25) is 10.0 Å². The summed E-state index contributed by atoms with van der Waals surface area (Å²) in [5.74, 6) is 1.16. The number of rotatable bonds is 5. The van der Waals surface area contributed by atoms with Crippen molar-refractivity contribution in [3.8, 4) is 11.4 Å². The minimum atomic E-state index is 0.205. The number of anilines is 3. The van der Waals surface area contributed by atoms with Gasteiger partial charge in [-0.1, -0.05) is 29.3 Å². The molecule has 0 amide bonds. The average molecular weight is 374 g/mol. The lowest BCUT2D eigenvalue weighted by Gasteiger charge is -2.13. The zero-order valence-corrected chi connectivity index (χ0v) is 15.3. The lowest BCUT2D eigenvalue weighted by atomic mass is 10.2. The molecule has 0 atom stereocenters. The van der Waals surface area contributed by atoms with E-state index >= 15 is 0 Å². The Morgan fingerprint density at radius 3 is 2.44 bits per heavy atom. The van der Waals surface area contributed by atoms with Crippen LogP contribution in [0.25, 0.3) is 11.4 Å². The SMILES string of the molecule is CC(C)Nc1nc(Nc2ccc(Cl)c(Cl)c2)cc(-c2ccccn2)n1. The molecular weight excluding hydrogens is 357 g/mol. The average Bonchev–Trinajstić information content (AvgIpc) is 2.58. The number of hydrogen-bond donors (Lipinski definition) is 2. The molecule has 25 heavy (non-hydrogen) atoms. The Labute approximate surface area is 156 Å². The zero-order valence-electron chi connectivity index (χ0n) is 13.8.